The molecule has 0 unspecified atom stereocenters. The molecule has 0 atom stereocenters. The smallest absolute Gasteiger partial charge is 0.252 e. The standard InChI is InChI=1S/C22H17IN2O2/c23-20-8-4-3-7-19(20)22(27)24-13-21(26)25-16-9-10-18-15(12-16)11-14-5-1-2-6-17(14)18/h1-10,12H,11,13H2,(H,24,27)(H,25,26). The van der Waals surface area contributed by atoms with E-state index in [4.69, 9.17) is 0 Å². The van der Waals surface area contributed by atoms with Crippen molar-refractivity contribution in [3.05, 3.63) is 87.0 Å². The van der Waals surface area contributed by atoms with Gasteiger partial charge in [-0.2, -0.15) is 0 Å². The molecule has 134 valence electrons. The molecule has 2 amide bonds. The maximum absolute atomic E-state index is 12.2. The Kier molecular flexibility index (Phi) is 4.94. The van der Waals surface area contributed by atoms with E-state index < -0.39 is 0 Å². The van der Waals surface area contributed by atoms with Crippen LogP contribution < -0.4 is 10.6 Å². The number of nitrogens with one attached hydrogen (secondary N) is 2. The van der Waals surface area contributed by atoms with Gasteiger partial charge in [-0.15, -0.1) is 0 Å². The number of rotatable bonds is 4. The van der Waals surface area contributed by atoms with Gasteiger partial charge in [0, 0.05) is 9.26 Å². The number of hydrogen-bond acceptors (Lipinski definition) is 2. The fourth-order valence-corrected chi connectivity index (χ4v) is 3.96. The van der Waals surface area contributed by atoms with Gasteiger partial charge >= 0.3 is 0 Å². The van der Waals surface area contributed by atoms with E-state index in [1.54, 1.807) is 12.1 Å². The second-order valence-electron chi connectivity index (χ2n) is 6.42. The molecule has 4 rings (SSSR count). The quantitative estimate of drug-likeness (QED) is 0.441. The number of halogens is 1. The summed E-state index contributed by atoms with van der Waals surface area (Å²) < 4.78 is 0.853. The zero-order valence-corrected chi connectivity index (χ0v) is 16.6. The lowest BCUT2D eigenvalue weighted by Gasteiger charge is -2.09. The predicted octanol–water partition coefficient (Wildman–Crippen LogP) is 4.23. The Labute approximate surface area is 171 Å². The van der Waals surface area contributed by atoms with Crippen LogP contribution in [0.15, 0.2) is 66.7 Å². The Morgan fingerprint density at radius 1 is 0.889 bits per heavy atom. The van der Waals surface area contributed by atoms with Crippen molar-refractivity contribution in [1.82, 2.24) is 5.32 Å². The molecule has 3 aromatic rings. The second-order valence-corrected chi connectivity index (χ2v) is 7.58. The number of fused-ring (bicyclic) bond motifs is 3. The van der Waals surface area contributed by atoms with Crippen LogP contribution in [-0.2, 0) is 11.2 Å². The van der Waals surface area contributed by atoms with Crippen molar-refractivity contribution < 1.29 is 9.59 Å². The van der Waals surface area contributed by atoms with Crippen molar-refractivity contribution in [2.24, 2.45) is 0 Å². The average Bonchev–Trinajstić information content (AvgIpc) is 3.04. The first-order valence-corrected chi connectivity index (χ1v) is 9.73. The van der Waals surface area contributed by atoms with Crippen molar-refractivity contribution in [2.75, 3.05) is 11.9 Å². The summed E-state index contributed by atoms with van der Waals surface area (Å²) in [6.07, 6.45) is 0.873. The first-order chi connectivity index (χ1) is 13.1. The molecule has 0 saturated carbocycles. The van der Waals surface area contributed by atoms with Crippen molar-refractivity contribution >= 4 is 40.1 Å². The molecule has 0 radical (unpaired) electrons. The number of carbonyl (C=O) groups excluding carboxylic acids is 2. The van der Waals surface area contributed by atoms with Crippen LogP contribution in [0.1, 0.15) is 21.5 Å². The van der Waals surface area contributed by atoms with E-state index in [1.165, 1.54) is 22.3 Å². The lowest BCUT2D eigenvalue weighted by atomic mass is 10.1. The molecule has 3 aromatic carbocycles. The van der Waals surface area contributed by atoms with E-state index >= 15 is 0 Å². The lowest BCUT2D eigenvalue weighted by molar-refractivity contribution is -0.115. The second kappa shape index (κ2) is 7.52. The summed E-state index contributed by atoms with van der Waals surface area (Å²) in [5.41, 5.74) is 6.31. The molecule has 0 saturated heterocycles. The van der Waals surface area contributed by atoms with Gasteiger partial charge in [0.1, 0.15) is 0 Å². The molecule has 0 spiro atoms. The Bertz CT molecular complexity index is 1050. The van der Waals surface area contributed by atoms with Crippen molar-refractivity contribution in [1.29, 1.82) is 0 Å². The topological polar surface area (TPSA) is 58.2 Å². The van der Waals surface area contributed by atoms with Crippen LogP contribution in [0.2, 0.25) is 0 Å². The van der Waals surface area contributed by atoms with Gasteiger partial charge in [0.25, 0.3) is 5.91 Å². The summed E-state index contributed by atoms with van der Waals surface area (Å²) in [5, 5.41) is 5.53. The summed E-state index contributed by atoms with van der Waals surface area (Å²) in [6, 6.07) is 21.6. The van der Waals surface area contributed by atoms with Crippen LogP contribution in [0, 0.1) is 3.57 Å². The molecule has 27 heavy (non-hydrogen) atoms. The molecule has 0 aromatic heterocycles. The molecule has 0 bridgehead atoms. The number of hydrogen-bond donors (Lipinski definition) is 2. The highest BCUT2D eigenvalue weighted by atomic mass is 127. The first kappa shape index (κ1) is 17.7. The van der Waals surface area contributed by atoms with Crippen LogP contribution in [-0.4, -0.2) is 18.4 Å². The maximum atomic E-state index is 12.2. The highest BCUT2D eigenvalue weighted by molar-refractivity contribution is 14.1. The lowest BCUT2D eigenvalue weighted by Crippen LogP contribution is -2.33. The van der Waals surface area contributed by atoms with Gasteiger partial charge in [-0.05, 0) is 75.5 Å². The van der Waals surface area contributed by atoms with E-state index in [0.29, 0.717) is 5.56 Å². The van der Waals surface area contributed by atoms with Crippen LogP contribution in [0.5, 0.6) is 0 Å². The maximum Gasteiger partial charge on any atom is 0.252 e. The fraction of sp³-hybridized carbons (Fsp3) is 0.0909. The Morgan fingerprint density at radius 2 is 1.63 bits per heavy atom. The van der Waals surface area contributed by atoms with Gasteiger partial charge < -0.3 is 10.6 Å². The van der Waals surface area contributed by atoms with E-state index in [9.17, 15) is 9.59 Å². The summed E-state index contributed by atoms with van der Waals surface area (Å²) in [4.78, 5) is 24.4. The summed E-state index contributed by atoms with van der Waals surface area (Å²) in [6.45, 7) is -0.0683. The average molecular weight is 468 g/mol. The molecule has 5 heteroatoms. The molecular weight excluding hydrogens is 451 g/mol. The zero-order valence-electron chi connectivity index (χ0n) is 14.5. The van der Waals surface area contributed by atoms with Crippen molar-refractivity contribution in [3.8, 4) is 11.1 Å². The monoisotopic (exact) mass is 468 g/mol. The number of amides is 2. The molecule has 1 aliphatic carbocycles. The Hall–Kier alpha value is -2.67. The van der Waals surface area contributed by atoms with Gasteiger partial charge in [-0.25, -0.2) is 0 Å². The third-order valence-electron chi connectivity index (χ3n) is 4.61. The van der Waals surface area contributed by atoms with E-state index in [0.717, 1.165) is 15.7 Å². The van der Waals surface area contributed by atoms with Crippen LogP contribution in [0.3, 0.4) is 0 Å². The third kappa shape index (κ3) is 3.73. The summed E-state index contributed by atoms with van der Waals surface area (Å²) >= 11 is 2.11. The van der Waals surface area contributed by atoms with Crippen molar-refractivity contribution in [2.45, 2.75) is 6.42 Å². The van der Waals surface area contributed by atoms with E-state index in [1.807, 2.05) is 42.5 Å². The zero-order chi connectivity index (χ0) is 18.8. The molecule has 4 nitrogen and oxygen atoms in total. The highest BCUT2D eigenvalue weighted by Crippen LogP contribution is 2.37. The number of benzene rings is 3. The summed E-state index contributed by atoms with van der Waals surface area (Å²) in [7, 11) is 0. The van der Waals surface area contributed by atoms with Gasteiger partial charge in [0.05, 0.1) is 12.1 Å². The van der Waals surface area contributed by atoms with Crippen LogP contribution >= 0.6 is 22.6 Å². The van der Waals surface area contributed by atoms with Crippen LogP contribution in [0.25, 0.3) is 11.1 Å². The molecule has 0 fully saturated rings. The summed E-state index contributed by atoms with van der Waals surface area (Å²) in [5.74, 6) is -0.496. The van der Waals surface area contributed by atoms with Crippen molar-refractivity contribution in [3.63, 3.8) is 0 Å². The van der Waals surface area contributed by atoms with Crippen LogP contribution in [0.4, 0.5) is 5.69 Å². The van der Waals surface area contributed by atoms with Gasteiger partial charge in [0.15, 0.2) is 0 Å². The third-order valence-corrected chi connectivity index (χ3v) is 5.55. The van der Waals surface area contributed by atoms with Gasteiger partial charge in [-0.3, -0.25) is 9.59 Å². The minimum absolute atomic E-state index is 0.0683. The highest BCUT2D eigenvalue weighted by Gasteiger charge is 2.18. The predicted molar refractivity (Wildman–Crippen MR) is 115 cm³/mol. The first-order valence-electron chi connectivity index (χ1n) is 8.65. The van der Waals surface area contributed by atoms with E-state index in [-0.39, 0.29) is 18.4 Å². The number of anilines is 1. The molecule has 1 aliphatic rings. The SMILES string of the molecule is O=C(CNC(=O)c1ccccc1I)Nc1ccc2c(c1)Cc1ccccc1-2. The minimum atomic E-state index is -0.250. The molecular formula is C22H17IN2O2. The fourth-order valence-electron chi connectivity index (χ4n) is 3.33. The van der Waals surface area contributed by atoms with Gasteiger partial charge in [-0.1, -0.05) is 42.5 Å². The van der Waals surface area contributed by atoms with E-state index in [2.05, 4.69) is 45.4 Å². The Morgan fingerprint density at radius 3 is 2.48 bits per heavy atom. The normalized spacial score (nSPS) is 11.4. The largest absolute Gasteiger partial charge is 0.343 e. The molecule has 0 heterocycles. The molecule has 2 N–H and O–H groups in total. The molecule has 0 aliphatic heterocycles. The van der Waals surface area contributed by atoms with Gasteiger partial charge in [0.2, 0.25) is 5.91 Å². The Balaban J connectivity index is 1.39. The number of carbonyl (C=O) groups is 2. The minimum Gasteiger partial charge on any atom is -0.343 e.